The van der Waals surface area contributed by atoms with Gasteiger partial charge in [0.05, 0.1) is 6.61 Å². The second-order valence-corrected chi connectivity index (χ2v) is 5.69. The summed E-state index contributed by atoms with van der Waals surface area (Å²) in [6.07, 6.45) is 1.25. The van der Waals surface area contributed by atoms with Gasteiger partial charge in [0.15, 0.2) is 5.96 Å². The average molecular weight is 289 g/mol. The highest BCUT2D eigenvalue weighted by Crippen LogP contribution is 2.29. The summed E-state index contributed by atoms with van der Waals surface area (Å²) < 4.78 is 5.47. The number of hydrogen-bond acceptors (Lipinski definition) is 2. The molecule has 2 atom stereocenters. The van der Waals surface area contributed by atoms with Gasteiger partial charge >= 0.3 is 0 Å². The summed E-state index contributed by atoms with van der Waals surface area (Å²) in [5, 5.41) is 3.54. The van der Waals surface area contributed by atoms with Gasteiger partial charge in [-0.15, -0.1) is 0 Å². The summed E-state index contributed by atoms with van der Waals surface area (Å²) in [7, 11) is 2.09. The van der Waals surface area contributed by atoms with Crippen LogP contribution in [0.2, 0.25) is 0 Å². The molecule has 0 heterocycles. The highest BCUT2D eigenvalue weighted by atomic mass is 16.5. The quantitative estimate of drug-likeness (QED) is 0.646. The van der Waals surface area contributed by atoms with Crippen molar-refractivity contribution in [3.8, 4) is 5.75 Å². The van der Waals surface area contributed by atoms with E-state index in [1.54, 1.807) is 0 Å². The zero-order valence-electron chi connectivity index (χ0n) is 13.6. The van der Waals surface area contributed by atoms with Crippen LogP contribution in [0.3, 0.4) is 0 Å². The minimum absolute atomic E-state index is 0.595. The van der Waals surface area contributed by atoms with E-state index in [2.05, 4.69) is 48.2 Å². The summed E-state index contributed by atoms with van der Waals surface area (Å²) in [6, 6.07) is 8.88. The Morgan fingerprint density at radius 1 is 1.33 bits per heavy atom. The highest BCUT2D eigenvalue weighted by Gasteiger charge is 2.33. The molecule has 1 aromatic rings. The van der Waals surface area contributed by atoms with Crippen molar-refractivity contribution in [2.24, 2.45) is 10.9 Å². The summed E-state index contributed by atoms with van der Waals surface area (Å²) in [6.45, 7) is 8.70. The van der Waals surface area contributed by atoms with Crippen LogP contribution >= 0.6 is 0 Å². The monoisotopic (exact) mass is 289 g/mol. The van der Waals surface area contributed by atoms with Crippen molar-refractivity contribution in [1.29, 1.82) is 0 Å². The van der Waals surface area contributed by atoms with E-state index in [4.69, 9.17) is 4.74 Å². The van der Waals surface area contributed by atoms with Gasteiger partial charge in [0, 0.05) is 26.2 Å². The van der Waals surface area contributed by atoms with Crippen LogP contribution in [-0.4, -0.2) is 37.1 Å². The van der Waals surface area contributed by atoms with Gasteiger partial charge in [-0.1, -0.05) is 19.1 Å². The maximum Gasteiger partial charge on any atom is 0.194 e. The molecule has 1 fully saturated rings. The molecule has 21 heavy (non-hydrogen) atoms. The van der Waals surface area contributed by atoms with E-state index in [-0.39, 0.29) is 0 Å². The minimum Gasteiger partial charge on any atom is -0.494 e. The first-order valence-corrected chi connectivity index (χ1v) is 7.87. The van der Waals surface area contributed by atoms with Crippen molar-refractivity contribution in [1.82, 2.24) is 10.2 Å². The first-order valence-electron chi connectivity index (χ1n) is 7.87. The Morgan fingerprint density at radius 3 is 2.52 bits per heavy atom. The van der Waals surface area contributed by atoms with Gasteiger partial charge in [0.1, 0.15) is 5.75 Å². The SMILES string of the molecule is CCN=C(NC1CC1C)N(C)Cc1ccc(OCC)cc1. The Bertz CT molecular complexity index is 469. The number of aliphatic imine (C=N–C) groups is 1. The molecule has 4 heteroatoms. The highest BCUT2D eigenvalue weighted by molar-refractivity contribution is 5.80. The maximum absolute atomic E-state index is 5.47. The van der Waals surface area contributed by atoms with Gasteiger partial charge in [-0.25, -0.2) is 0 Å². The van der Waals surface area contributed by atoms with Gasteiger partial charge in [-0.2, -0.15) is 0 Å². The second kappa shape index (κ2) is 7.34. The molecular weight excluding hydrogens is 262 g/mol. The summed E-state index contributed by atoms with van der Waals surface area (Å²) in [5.74, 6) is 2.70. The van der Waals surface area contributed by atoms with Crippen LogP contribution < -0.4 is 10.1 Å². The van der Waals surface area contributed by atoms with E-state index in [1.807, 2.05) is 19.1 Å². The molecule has 0 radical (unpaired) electrons. The Hall–Kier alpha value is -1.71. The number of rotatable bonds is 6. The van der Waals surface area contributed by atoms with Crippen LogP contribution in [0.4, 0.5) is 0 Å². The number of nitrogens with zero attached hydrogens (tertiary/aromatic N) is 2. The van der Waals surface area contributed by atoms with E-state index in [0.29, 0.717) is 12.6 Å². The molecule has 0 amide bonds. The molecule has 2 rings (SSSR count). The Kier molecular flexibility index (Phi) is 5.48. The van der Waals surface area contributed by atoms with Gasteiger partial charge in [0.2, 0.25) is 0 Å². The lowest BCUT2D eigenvalue weighted by Crippen LogP contribution is -2.40. The maximum atomic E-state index is 5.47. The lowest BCUT2D eigenvalue weighted by Gasteiger charge is -2.22. The molecule has 0 saturated heterocycles. The zero-order valence-corrected chi connectivity index (χ0v) is 13.6. The van der Waals surface area contributed by atoms with Crippen LogP contribution in [0.5, 0.6) is 5.75 Å². The molecule has 1 aliphatic rings. The number of ether oxygens (including phenoxy) is 1. The fraction of sp³-hybridized carbons (Fsp3) is 0.588. The summed E-state index contributed by atoms with van der Waals surface area (Å²) >= 11 is 0. The van der Waals surface area contributed by atoms with Gasteiger partial charge in [0.25, 0.3) is 0 Å². The third kappa shape index (κ3) is 4.66. The van der Waals surface area contributed by atoms with E-state index < -0.39 is 0 Å². The van der Waals surface area contributed by atoms with Crippen LogP contribution in [-0.2, 0) is 6.54 Å². The van der Waals surface area contributed by atoms with E-state index >= 15 is 0 Å². The average Bonchev–Trinajstić information content (AvgIpc) is 3.16. The van der Waals surface area contributed by atoms with Crippen molar-refractivity contribution < 1.29 is 4.74 Å². The van der Waals surface area contributed by atoms with Crippen LogP contribution in [0, 0.1) is 5.92 Å². The van der Waals surface area contributed by atoms with Crippen LogP contribution in [0.25, 0.3) is 0 Å². The van der Waals surface area contributed by atoms with Gasteiger partial charge < -0.3 is 15.0 Å². The lowest BCUT2D eigenvalue weighted by molar-refractivity contribution is 0.340. The third-order valence-corrected chi connectivity index (χ3v) is 3.75. The molecule has 1 aromatic carbocycles. The molecule has 0 aromatic heterocycles. The molecule has 1 aliphatic carbocycles. The predicted octanol–water partition coefficient (Wildman–Crippen LogP) is 2.89. The number of nitrogens with one attached hydrogen (secondary N) is 1. The molecule has 1 saturated carbocycles. The standard InChI is InChI=1S/C17H27N3O/c1-5-18-17(19-16-11-13(16)3)20(4)12-14-7-9-15(10-8-14)21-6-2/h7-10,13,16H,5-6,11-12H2,1-4H3,(H,18,19). The van der Waals surface area contributed by atoms with Crippen molar-refractivity contribution >= 4 is 5.96 Å². The Morgan fingerprint density at radius 2 is 2.00 bits per heavy atom. The molecule has 0 spiro atoms. The lowest BCUT2D eigenvalue weighted by atomic mass is 10.2. The van der Waals surface area contributed by atoms with Gasteiger partial charge in [-0.05, 0) is 43.9 Å². The Labute approximate surface area is 128 Å². The van der Waals surface area contributed by atoms with Gasteiger partial charge in [-0.3, -0.25) is 4.99 Å². The topological polar surface area (TPSA) is 36.9 Å². The fourth-order valence-electron chi connectivity index (χ4n) is 2.32. The molecule has 4 nitrogen and oxygen atoms in total. The van der Waals surface area contributed by atoms with E-state index in [1.165, 1.54) is 12.0 Å². The van der Waals surface area contributed by atoms with E-state index in [0.717, 1.165) is 30.7 Å². The molecule has 2 unspecified atom stereocenters. The van der Waals surface area contributed by atoms with E-state index in [9.17, 15) is 0 Å². The normalized spacial score (nSPS) is 21.0. The largest absolute Gasteiger partial charge is 0.494 e. The van der Waals surface area contributed by atoms with Crippen LogP contribution in [0.15, 0.2) is 29.3 Å². The van der Waals surface area contributed by atoms with Crippen LogP contribution in [0.1, 0.15) is 32.8 Å². The smallest absolute Gasteiger partial charge is 0.194 e. The number of benzene rings is 1. The molecule has 116 valence electrons. The van der Waals surface area contributed by atoms with Crippen molar-refractivity contribution in [2.45, 2.75) is 39.8 Å². The first kappa shape index (κ1) is 15.7. The third-order valence-electron chi connectivity index (χ3n) is 3.75. The number of guanidine groups is 1. The Balaban J connectivity index is 1.94. The van der Waals surface area contributed by atoms with Crippen molar-refractivity contribution in [3.63, 3.8) is 0 Å². The van der Waals surface area contributed by atoms with Crippen molar-refractivity contribution in [3.05, 3.63) is 29.8 Å². The molecule has 0 bridgehead atoms. The second-order valence-electron chi connectivity index (χ2n) is 5.69. The first-order chi connectivity index (χ1) is 10.1. The predicted molar refractivity (Wildman–Crippen MR) is 87.8 cm³/mol. The molecule has 1 N–H and O–H groups in total. The minimum atomic E-state index is 0.595. The molecular formula is C17H27N3O. The molecule has 0 aliphatic heterocycles. The summed E-state index contributed by atoms with van der Waals surface area (Å²) in [5.41, 5.74) is 1.26. The zero-order chi connectivity index (χ0) is 15.2. The fourth-order valence-corrected chi connectivity index (χ4v) is 2.32. The summed E-state index contributed by atoms with van der Waals surface area (Å²) in [4.78, 5) is 6.77. The number of hydrogen-bond donors (Lipinski definition) is 1. The van der Waals surface area contributed by atoms with Crippen molar-refractivity contribution in [2.75, 3.05) is 20.2 Å².